The average Bonchev–Trinajstić information content (AvgIpc) is 3.20. The predicted octanol–water partition coefficient (Wildman–Crippen LogP) is 3.34. The Balaban J connectivity index is 1.51. The third-order valence-corrected chi connectivity index (χ3v) is 8.42. The van der Waals surface area contributed by atoms with Crippen LogP contribution in [0.4, 0.5) is 5.69 Å². The average molecular weight is 437 g/mol. The van der Waals surface area contributed by atoms with Crippen LogP contribution in [0.25, 0.3) is 0 Å². The first kappa shape index (κ1) is 21.8. The number of benzodiazepines with no additional fused rings is 1. The number of rotatable bonds is 4. The van der Waals surface area contributed by atoms with E-state index in [-0.39, 0.29) is 23.7 Å². The van der Waals surface area contributed by atoms with Crippen LogP contribution in [0.5, 0.6) is 0 Å². The maximum Gasteiger partial charge on any atom is 0.266 e. The molecule has 6 rings (SSSR count). The highest BCUT2D eigenvalue weighted by molar-refractivity contribution is 6.15. The van der Waals surface area contributed by atoms with Gasteiger partial charge in [-0.25, -0.2) is 0 Å². The number of hydrogen-bond donors (Lipinski definition) is 2. The fourth-order valence-corrected chi connectivity index (χ4v) is 6.44. The van der Waals surface area contributed by atoms with Crippen LogP contribution in [-0.4, -0.2) is 43.2 Å². The number of hydrogen-bond acceptors (Lipinski definition) is 5. The summed E-state index contributed by atoms with van der Waals surface area (Å²) in [7, 11) is 0. The van der Waals surface area contributed by atoms with Crippen molar-refractivity contribution in [2.24, 2.45) is 28.0 Å². The van der Waals surface area contributed by atoms with E-state index in [1.165, 1.54) is 19.3 Å². The fraction of sp³-hybridized carbons (Fsp3) is 0.654. The Morgan fingerprint density at radius 3 is 2.69 bits per heavy atom. The summed E-state index contributed by atoms with van der Waals surface area (Å²) in [6.07, 6.45) is 8.88. The first-order chi connectivity index (χ1) is 15.5. The van der Waals surface area contributed by atoms with Crippen molar-refractivity contribution in [1.82, 2.24) is 5.32 Å². The van der Waals surface area contributed by atoms with E-state index in [0.717, 1.165) is 74.1 Å². The van der Waals surface area contributed by atoms with Gasteiger partial charge in [0, 0.05) is 29.2 Å². The van der Waals surface area contributed by atoms with Crippen molar-refractivity contribution >= 4 is 23.1 Å². The van der Waals surface area contributed by atoms with Crippen LogP contribution < -0.4 is 16.0 Å². The molecule has 2 bridgehead atoms. The lowest BCUT2D eigenvalue weighted by atomic mass is 9.69. The zero-order valence-corrected chi connectivity index (χ0v) is 19.2. The van der Waals surface area contributed by atoms with Crippen LogP contribution in [0.3, 0.4) is 0 Å². The summed E-state index contributed by atoms with van der Waals surface area (Å²) >= 11 is 0. The van der Waals surface area contributed by atoms with Gasteiger partial charge in [-0.1, -0.05) is 37.5 Å². The van der Waals surface area contributed by atoms with Crippen LogP contribution in [0.2, 0.25) is 0 Å². The monoisotopic (exact) mass is 436 g/mol. The molecule has 0 spiro atoms. The molecule has 0 radical (unpaired) electrons. The number of carbonyl (C=O) groups excluding carboxylic acids is 2. The third kappa shape index (κ3) is 3.81. The summed E-state index contributed by atoms with van der Waals surface area (Å²) in [4.78, 5) is 33.7. The summed E-state index contributed by atoms with van der Waals surface area (Å²) in [6, 6.07) is 6.12. The number of carbonyl (C=O) groups is 2. The lowest BCUT2D eigenvalue weighted by Crippen LogP contribution is -2.50. The molecule has 0 aromatic heterocycles. The number of amides is 1. The fourth-order valence-electron chi connectivity index (χ4n) is 6.44. The maximum absolute atomic E-state index is 13.8. The molecular weight excluding hydrogens is 400 g/mol. The number of aryl methyl sites for hydroxylation is 1. The standard InChI is InChI=1S/C26H36N4O2/c1-17-6-5-9-20-22(19-7-3-2-4-8-19)29-24(27)25(32)30(23(17)20)15-21(31)26-12-10-18(11-13-26)14-28-16-26/h5-6,9,18-19,24,28H,2-4,7-8,10-16,27H2,1H3. The van der Waals surface area contributed by atoms with E-state index in [9.17, 15) is 9.59 Å². The first-order valence-electron chi connectivity index (χ1n) is 12.5. The second-order valence-electron chi connectivity index (χ2n) is 10.5. The van der Waals surface area contributed by atoms with Gasteiger partial charge in [-0.05, 0) is 63.5 Å². The molecule has 3 N–H and O–H groups in total. The van der Waals surface area contributed by atoms with E-state index in [1.807, 2.05) is 19.1 Å². The van der Waals surface area contributed by atoms with Gasteiger partial charge >= 0.3 is 0 Å². The van der Waals surface area contributed by atoms with Crippen molar-refractivity contribution in [2.45, 2.75) is 70.9 Å². The Morgan fingerprint density at radius 2 is 1.94 bits per heavy atom. The van der Waals surface area contributed by atoms with Crippen molar-refractivity contribution in [1.29, 1.82) is 0 Å². The number of nitrogens with one attached hydrogen (secondary N) is 1. The van der Waals surface area contributed by atoms with Gasteiger partial charge in [0.05, 0.1) is 12.2 Å². The van der Waals surface area contributed by atoms with E-state index in [4.69, 9.17) is 10.7 Å². The Hall–Kier alpha value is -2.05. The zero-order valence-electron chi connectivity index (χ0n) is 19.2. The number of anilines is 1. The Bertz CT molecular complexity index is 920. The van der Waals surface area contributed by atoms with Gasteiger partial charge in [0.2, 0.25) is 0 Å². The van der Waals surface area contributed by atoms with Crippen LogP contribution in [0.15, 0.2) is 23.2 Å². The Morgan fingerprint density at radius 1 is 1.19 bits per heavy atom. The molecule has 1 aromatic carbocycles. The van der Waals surface area contributed by atoms with Crippen molar-refractivity contribution < 1.29 is 9.59 Å². The van der Waals surface area contributed by atoms with Gasteiger partial charge in [0.15, 0.2) is 11.9 Å². The van der Waals surface area contributed by atoms with Crippen molar-refractivity contribution in [3.05, 3.63) is 29.3 Å². The van der Waals surface area contributed by atoms with Gasteiger partial charge < -0.3 is 16.0 Å². The van der Waals surface area contributed by atoms with E-state index in [1.54, 1.807) is 4.90 Å². The quantitative estimate of drug-likeness (QED) is 0.758. The minimum Gasteiger partial charge on any atom is -0.315 e. The number of nitrogens with two attached hydrogens (primary N) is 1. The van der Waals surface area contributed by atoms with Gasteiger partial charge in [0.25, 0.3) is 5.91 Å². The molecule has 3 aliphatic heterocycles. The van der Waals surface area contributed by atoms with E-state index < -0.39 is 6.17 Å². The molecule has 4 fully saturated rings. The van der Waals surface area contributed by atoms with Crippen LogP contribution in [-0.2, 0) is 9.59 Å². The first-order valence-corrected chi connectivity index (χ1v) is 12.5. The smallest absolute Gasteiger partial charge is 0.266 e. The molecule has 32 heavy (non-hydrogen) atoms. The second kappa shape index (κ2) is 8.71. The SMILES string of the molecule is Cc1cccc2c1N(CC(=O)C13CCC(CC1)CNC3)C(=O)C(N)N=C2C1CCCCC1. The summed E-state index contributed by atoms with van der Waals surface area (Å²) in [5.41, 5.74) is 9.79. The van der Waals surface area contributed by atoms with Gasteiger partial charge in [-0.3, -0.25) is 14.6 Å². The van der Waals surface area contributed by atoms with Gasteiger partial charge in [-0.15, -0.1) is 0 Å². The summed E-state index contributed by atoms with van der Waals surface area (Å²) in [5.74, 6) is 0.924. The lowest BCUT2D eigenvalue weighted by molar-refractivity contribution is -0.130. The third-order valence-electron chi connectivity index (χ3n) is 8.42. The molecule has 1 aromatic rings. The molecule has 2 saturated heterocycles. The molecule has 5 aliphatic rings. The van der Waals surface area contributed by atoms with Gasteiger partial charge in [0.1, 0.15) is 0 Å². The molecular formula is C26H36N4O2. The number of ketones is 1. The normalized spacial score (nSPS) is 31.0. The van der Waals surface area contributed by atoms with Crippen molar-refractivity contribution in [2.75, 3.05) is 24.5 Å². The highest BCUT2D eigenvalue weighted by Crippen LogP contribution is 2.42. The molecule has 1 amide bonds. The summed E-state index contributed by atoms with van der Waals surface area (Å²) < 4.78 is 0. The summed E-state index contributed by atoms with van der Waals surface area (Å²) in [5, 5.41) is 3.51. The molecule has 3 heterocycles. The van der Waals surface area contributed by atoms with E-state index in [2.05, 4.69) is 11.4 Å². The molecule has 1 unspecified atom stereocenters. The highest BCUT2D eigenvalue weighted by atomic mass is 16.2. The molecule has 172 valence electrons. The maximum atomic E-state index is 13.8. The largest absolute Gasteiger partial charge is 0.315 e. The number of benzene rings is 1. The molecule has 1 atom stereocenters. The van der Waals surface area contributed by atoms with E-state index >= 15 is 0 Å². The van der Waals surface area contributed by atoms with Crippen molar-refractivity contribution in [3.63, 3.8) is 0 Å². The topological polar surface area (TPSA) is 87.8 Å². The van der Waals surface area contributed by atoms with E-state index in [0.29, 0.717) is 11.8 Å². The number of aliphatic imine (C=N–C) groups is 1. The zero-order chi connectivity index (χ0) is 22.3. The number of fused-ring (bicyclic) bond motifs is 5. The van der Waals surface area contributed by atoms with Crippen molar-refractivity contribution in [3.8, 4) is 0 Å². The number of Topliss-reactive ketones (excluding diaryl/α,β-unsaturated/α-hetero) is 1. The highest BCUT2D eigenvalue weighted by Gasteiger charge is 2.45. The minimum absolute atomic E-state index is 0.0875. The lowest BCUT2D eigenvalue weighted by Gasteiger charge is -2.37. The molecule has 2 aliphatic carbocycles. The van der Waals surface area contributed by atoms with Crippen LogP contribution in [0.1, 0.15) is 68.9 Å². The summed E-state index contributed by atoms with van der Waals surface area (Å²) in [6.45, 7) is 3.84. The van der Waals surface area contributed by atoms with Crippen LogP contribution >= 0.6 is 0 Å². The van der Waals surface area contributed by atoms with Gasteiger partial charge in [-0.2, -0.15) is 0 Å². The Labute approximate surface area is 191 Å². The number of para-hydroxylation sites is 1. The molecule has 2 saturated carbocycles. The number of nitrogens with zero attached hydrogens (tertiary/aromatic N) is 2. The minimum atomic E-state index is -0.952. The van der Waals surface area contributed by atoms with Crippen LogP contribution in [0, 0.1) is 24.2 Å². The Kier molecular flexibility index (Phi) is 5.93. The molecule has 6 heteroatoms. The predicted molar refractivity (Wildman–Crippen MR) is 127 cm³/mol. The second-order valence-corrected chi connectivity index (χ2v) is 10.5. The molecule has 6 nitrogen and oxygen atoms in total.